The Morgan fingerprint density at radius 1 is 1.58 bits per heavy atom. The molecule has 0 heterocycles. The standard InChI is InChI=1S/C13H16BrNO4/c1-3-4-15(8-12(16)17)7-9-5-10(14)13(18)11(6-9)19-2/h3,5-6,18H,1,4,7-8H2,2H3,(H,16,17). The molecule has 19 heavy (non-hydrogen) atoms. The van der Waals surface area contributed by atoms with Crippen molar-refractivity contribution in [1.29, 1.82) is 0 Å². The van der Waals surface area contributed by atoms with E-state index in [0.29, 0.717) is 23.3 Å². The SMILES string of the molecule is C=CCN(CC(=O)O)Cc1cc(Br)c(O)c(OC)c1. The smallest absolute Gasteiger partial charge is 0.317 e. The first kappa shape index (κ1) is 15.5. The van der Waals surface area contributed by atoms with Gasteiger partial charge in [0.2, 0.25) is 0 Å². The lowest BCUT2D eigenvalue weighted by molar-refractivity contribution is -0.138. The molecule has 5 nitrogen and oxygen atoms in total. The molecule has 1 rings (SSSR count). The van der Waals surface area contributed by atoms with Gasteiger partial charge < -0.3 is 14.9 Å². The third kappa shape index (κ3) is 4.57. The predicted molar refractivity (Wildman–Crippen MR) is 75.5 cm³/mol. The number of halogens is 1. The zero-order valence-electron chi connectivity index (χ0n) is 10.6. The molecular formula is C13H16BrNO4. The number of phenols is 1. The minimum Gasteiger partial charge on any atom is -0.503 e. The fourth-order valence-corrected chi connectivity index (χ4v) is 2.18. The second-order valence-electron chi connectivity index (χ2n) is 3.98. The third-order valence-corrected chi connectivity index (χ3v) is 3.06. The molecule has 0 atom stereocenters. The van der Waals surface area contributed by atoms with E-state index in [-0.39, 0.29) is 12.3 Å². The van der Waals surface area contributed by atoms with Crippen LogP contribution in [0.4, 0.5) is 0 Å². The van der Waals surface area contributed by atoms with Crippen LogP contribution in [0, 0.1) is 0 Å². The lowest BCUT2D eigenvalue weighted by atomic mass is 10.2. The van der Waals surface area contributed by atoms with Gasteiger partial charge in [-0.05, 0) is 33.6 Å². The molecule has 0 fully saturated rings. The zero-order chi connectivity index (χ0) is 14.4. The molecule has 2 N–H and O–H groups in total. The van der Waals surface area contributed by atoms with E-state index in [1.54, 1.807) is 23.1 Å². The van der Waals surface area contributed by atoms with Crippen LogP contribution >= 0.6 is 15.9 Å². The Morgan fingerprint density at radius 2 is 2.26 bits per heavy atom. The van der Waals surface area contributed by atoms with E-state index in [1.807, 2.05) is 0 Å². The Morgan fingerprint density at radius 3 is 2.79 bits per heavy atom. The largest absolute Gasteiger partial charge is 0.503 e. The van der Waals surface area contributed by atoms with Gasteiger partial charge in [0, 0.05) is 13.1 Å². The number of methoxy groups -OCH3 is 1. The average molecular weight is 330 g/mol. The highest BCUT2D eigenvalue weighted by molar-refractivity contribution is 9.10. The van der Waals surface area contributed by atoms with E-state index in [4.69, 9.17) is 9.84 Å². The van der Waals surface area contributed by atoms with Gasteiger partial charge in [0.1, 0.15) is 0 Å². The molecule has 0 unspecified atom stereocenters. The summed E-state index contributed by atoms with van der Waals surface area (Å²) in [6.45, 7) is 4.42. The van der Waals surface area contributed by atoms with Crippen LogP contribution < -0.4 is 4.74 Å². The highest BCUT2D eigenvalue weighted by atomic mass is 79.9. The van der Waals surface area contributed by atoms with Crippen LogP contribution in [0.3, 0.4) is 0 Å². The molecule has 0 saturated heterocycles. The van der Waals surface area contributed by atoms with Crippen molar-refractivity contribution in [1.82, 2.24) is 4.90 Å². The Hall–Kier alpha value is -1.53. The molecule has 0 saturated carbocycles. The van der Waals surface area contributed by atoms with Crippen molar-refractivity contribution >= 4 is 21.9 Å². The van der Waals surface area contributed by atoms with Gasteiger partial charge in [-0.2, -0.15) is 0 Å². The fourth-order valence-electron chi connectivity index (χ4n) is 1.69. The van der Waals surface area contributed by atoms with Crippen LogP contribution in [0.2, 0.25) is 0 Å². The number of aliphatic carboxylic acids is 1. The number of ether oxygens (including phenoxy) is 1. The van der Waals surface area contributed by atoms with Crippen molar-refractivity contribution in [3.8, 4) is 11.5 Å². The molecule has 0 radical (unpaired) electrons. The topological polar surface area (TPSA) is 70.0 Å². The van der Waals surface area contributed by atoms with Gasteiger partial charge in [-0.3, -0.25) is 9.69 Å². The van der Waals surface area contributed by atoms with E-state index in [9.17, 15) is 9.90 Å². The summed E-state index contributed by atoms with van der Waals surface area (Å²) in [7, 11) is 1.46. The molecule has 0 spiro atoms. The van der Waals surface area contributed by atoms with E-state index in [1.165, 1.54) is 7.11 Å². The molecule has 1 aromatic carbocycles. The first-order valence-electron chi connectivity index (χ1n) is 5.58. The summed E-state index contributed by atoms with van der Waals surface area (Å²) in [5, 5.41) is 18.5. The van der Waals surface area contributed by atoms with Crippen LogP contribution in [0.15, 0.2) is 29.3 Å². The minimum atomic E-state index is -0.897. The lowest BCUT2D eigenvalue weighted by Crippen LogP contribution is -2.29. The van der Waals surface area contributed by atoms with Gasteiger partial charge in [0.25, 0.3) is 0 Å². The van der Waals surface area contributed by atoms with Crippen molar-refractivity contribution in [2.45, 2.75) is 6.54 Å². The van der Waals surface area contributed by atoms with E-state index >= 15 is 0 Å². The van der Waals surface area contributed by atoms with Gasteiger partial charge in [-0.15, -0.1) is 6.58 Å². The van der Waals surface area contributed by atoms with Crippen molar-refractivity contribution < 1.29 is 19.7 Å². The molecule has 104 valence electrons. The molecule has 1 aromatic rings. The monoisotopic (exact) mass is 329 g/mol. The molecule has 0 aliphatic rings. The number of phenolic OH excluding ortho intramolecular Hbond substituents is 1. The number of hydrogen-bond donors (Lipinski definition) is 2. The number of nitrogens with zero attached hydrogens (tertiary/aromatic N) is 1. The molecule has 6 heteroatoms. The highest BCUT2D eigenvalue weighted by Crippen LogP contribution is 2.35. The van der Waals surface area contributed by atoms with Crippen LogP contribution in [0.5, 0.6) is 11.5 Å². The van der Waals surface area contributed by atoms with Crippen molar-refractivity contribution in [2.24, 2.45) is 0 Å². The number of carboxylic acids is 1. The van der Waals surface area contributed by atoms with Crippen molar-refractivity contribution in [2.75, 3.05) is 20.2 Å². The number of hydrogen-bond acceptors (Lipinski definition) is 4. The quantitative estimate of drug-likeness (QED) is 0.751. The summed E-state index contributed by atoms with van der Waals surface area (Å²) in [4.78, 5) is 12.5. The molecule has 0 aliphatic carbocycles. The summed E-state index contributed by atoms with van der Waals surface area (Å²) in [5.41, 5.74) is 0.838. The molecule has 0 bridgehead atoms. The Labute approximate surface area is 120 Å². The van der Waals surface area contributed by atoms with Gasteiger partial charge in [-0.25, -0.2) is 0 Å². The second kappa shape index (κ2) is 7.16. The summed E-state index contributed by atoms with van der Waals surface area (Å²) in [6, 6.07) is 3.41. The van der Waals surface area contributed by atoms with E-state index in [2.05, 4.69) is 22.5 Å². The van der Waals surface area contributed by atoms with Gasteiger partial charge in [0.15, 0.2) is 11.5 Å². The zero-order valence-corrected chi connectivity index (χ0v) is 12.2. The maximum absolute atomic E-state index is 10.8. The lowest BCUT2D eigenvalue weighted by Gasteiger charge is -2.19. The molecule has 0 amide bonds. The number of rotatable bonds is 7. The molecular weight excluding hydrogens is 314 g/mol. The molecule has 0 aromatic heterocycles. The van der Waals surface area contributed by atoms with E-state index < -0.39 is 5.97 Å². The Bertz CT molecular complexity index is 476. The number of aromatic hydroxyl groups is 1. The Kier molecular flexibility index (Phi) is 5.85. The first-order valence-corrected chi connectivity index (χ1v) is 6.37. The van der Waals surface area contributed by atoms with Crippen LogP contribution in [-0.4, -0.2) is 41.3 Å². The van der Waals surface area contributed by atoms with Crippen LogP contribution in [0.1, 0.15) is 5.56 Å². The normalized spacial score (nSPS) is 10.5. The summed E-state index contributed by atoms with van der Waals surface area (Å²) in [6.07, 6.45) is 1.65. The third-order valence-electron chi connectivity index (χ3n) is 2.46. The highest BCUT2D eigenvalue weighted by Gasteiger charge is 2.13. The van der Waals surface area contributed by atoms with Gasteiger partial charge in [-0.1, -0.05) is 6.08 Å². The molecule has 0 aliphatic heterocycles. The summed E-state index contributed by atoms with van der Waals surface area (Å²) >= 11 is 3.23. The predicted octanol–water partition coefficient (Wildman–Crippen LogP) is 2.24. The van der Waals surface area contributed by atoms with Crippen LogP contribution in [-0.2, 0) is 11.3 Å². The first-order chi connectivity index (χ1) is 8.97. The summed E-state index contributed by atoms with van der Waals surface area (Å²) in [5.74, 6) is -0.523. The summed E-state index contributed by atoms with van der Waals surface area (Å²) < 4.78 is 5.56. The average Bonchev–Trinajstić information content (AvgIpc) is 2.33. The van der Waals surface area contributed by atoms with Gasteiger partial charge >= 0.3 is 5.97 Å². The van der Waals surface area contributed by atoms with E-state index in [0.717, 1.165) is 5.56 Å². The number of carboxylic acid groups (broad SMARTS) is 1. The number of carbonyl (C=O) groups is 1. The minimum absolute atomic E-state index is 0.0276. The van der Waals surface area contributed by atoms with Crippen LogP contribution in [0.25, 0.3) is 0 Å². The Balaban J connectivity index is 2.92. The number of benzene rings is 1. The second-order valence-corrected chi connectivity index (χ2v) is 4.83. The van der Waals surface area contributed by atoms with Gasteiger partial charge in [0.05, 0.1) is 18.1 Å². The van der Waals surface area contributed by atoms with Crippen molar-refractivity contribution in [3.05, 3.63) is 34.8 Å². The fraction of sp³-hybridized carbons (Fsp3) is 0.308. The van der Waals surface area contributed by atoms with Crippen molar-refractivity contribution in [3.63, 3.8) is 0 Å². The maximum atomic E-state index is 10.8. The maximum Gasteiger partial charge on any atom is 0.317 e.